The van der Waals surface area contributed by atoms with E-state index < -0.39 is 11.8 Å². The highest BCUT2D eigenvalue weighted by Crippen LogP contribution is 2.31. The molecule has 0 atom stereocenters. The van der Waals surface area contributed by atoms with Crippen LogP contribution in [0.5, 0.6) is 5.75 Å². The second-order valence-electron chi connectivity index (χ2n) is 4.60. The Morgan fingerprint density at radius 1 is 1.39 bits per heavy atom. The summed E-state index contributed by atoms with van der Waals surface area (Å²) in [6.45, 7) is 1.78. The normalized spacial score (nSPS) is 10.7. The fourth-order valence-electron chi connectivity index (χ4n) is 2.21. The number of aromatic nitrogens is 5. The minimum atomic E-state index is -1.19. The molecule has 0 aliphatic carbocycles. The van der Waals surface area contributed by atoms with Crippen LogP contribution >= 0.6 is 11.9 Å². The van der Waals surface area contributed by atoms with Crippen molar-refractivity contribution >= 4 is 34.5 Å². The molecule has 3 aromatic heterocycles. The number of aryl methyl sites for hydroxylation is 1. The molecule has 0 fully saturated rings. The van der Waals surface area contributed by atoms with Gasteiger partial charge in [0, 0.05) is 6.20 Å². The molecule has 0 saturated heterocycles. The summed E-state index contributed by atoms with van der Waals surface area (Å²) in [6.07, 6.45) is 4.45. The summed E-state index contributed by atoms with van der Waals surface area (Å²) in [6, 6.07) is 0. The number of hydrogen-bond donors (Lipinski definition) is 1. The lowest BCUT2D eigenvalue weighted by Gasteiger charge is -2.06. The number of carbonyl (C=O) groups is 2. The van der Waals surface area contributed by atoms with E-state index in [-0.39, 0.29) is 5.56 Å². The number of ketones is 1. The van der Waals surface area contributed by atoms with Crippen molar-refractivity contribution in [2.75, 3.05) is 7.11 Å². The monoisotopic (exact) mass is 335 g/mol. The molecular formula is C13H10ClN5O4. The number of rotatable bonds is 4. The Bertz CT molecular complexity index is 916. The Kier molecular flexibility index (Phi) is 3.70. The van der Waals surface area contributed by atoms with Crippen LogP contribution in [0.25, 0.3) is 16.7 Å². The molecule has 0 aliphatic rings. The lowest BCUT2D eigenvalue weighted by atomic mass is 10.1. The summed E-state index contributed by atoms with van der Waals surface area (Å²) >= 11 is 4.97. The molecule has 10 heteroatoms. The average Bonchev–Trinajstić information content (AvgIpc) is 3.19. The molecular weight excluding hydrogens is 326 g/mol. The molecule has 0 aromatic carbocycles. The van der Waals surface area contributed by atoms with Crippen LogP contribution in [0.1, 0.15) is 16.1 Å². The Labute approximate surface area is 134 Å². The third-order valence-electron chi connectivity index (χ3n) is 3.20. The van der Waals surface area contributed by atoms with Crippen LogP contribution in [-0.4, -0.2) is 43.8 Å². The number of hydrogen-bond acceptors (Lipinski definition) is 7. The molecule has 0 aliphatic heterocycles. The average molecular weight is 336 g/mol. The molecule has 0 radical (unpaired) electrons. The third kappa shape index (κ3) is 2.40. The van der Waals surface area contributed by atoms with E-state index in [2.05, 4.69) is 24.6 Å². The summed E-state index contributed by atoms with van der Waals surface area (Å²) in [5, 5.41) is 8.21. The topological polar surface area (TPSA) is 112 Å². The lowest BCUT2D eigenvalue weighted by Crippen LogP contribution is -2.13. The van der Waals surface area contributed by atoms with Gasteiger partial charge in [-0.2, -0.15) is 4.68 Å². The summed E-state index contributed by atoms with van der Waals surface area (Å²) in [5.74, 6) is -1.38. The number of halogens is 1. The highest BCUT2D eigenvalue weighted by molar-refractivity contribution is 6.46. The van der Waals surface area contributed by atoms with Crippen LogP contribution < -0.4 is 4.74 Å². The van der Waals surface area contributed by atoms with Gasteiger partial charge in [-0.25, -0.2) is 9.78 Å². The Morgan fingerprint density at radius 3 is 2.78 bits per heavy atom. The molecule has 23 heavy (non-hydrogen) atoms. The van der Waals surface area contributed by atoms with Crippen LogP contribution in [0.4, 0.5) is 0 Å². The molecule has 0 bridgehead atoms. The highest BCUT2D eigenvalue weighted by atomic mass is 35.5. The van der Waals surface area contributed by atoms with Gasteiger partial charge < -0.3 is 14.0 Å². The fourth-order valence-corrected chi connectivity index (χ4v) is 2.28. The van der Waals surface area contributed by atoms with Crippen molar-refractivity contribution in [3.05, 3.63) is 29.8 Å². The predicted molar refractivity (Wildman–Crippen MR) is 78.6 cm³/mol. The van der Waals surface area contributed by atoms with Crippen LogP contribution in [0.15, 0.2) is 18.6 Å². The molecule has 0 unspecified atom stereocenters. The van der Waals surface area contributed by atoms with E-state index in [1.54, 1.807) is 13.1 Å². The molecule has 3 heterocycles. The zero-order valence-electron chi connectivity index (χ0n) is 12.0. The molecule has 3 rings (SSSR count). The van der Waals surface area contributed by atoms with Gasteiger partial charge in [0.05, 0.1) is 41.7 Å². The molecule has 1 N–H and O–H groups in total. The van der Waals surface area contributed by atoms with Crippen molar-refractivity contribution < 1.29 is 18.6 Å². The van der Waals surface area contributed by atoms with Gasteiger partial charge in [-0.3, -0.25) is 4.79 Å². The number of ether oxygens (including phenoxy) is 1. The first kappa shape index (κ1) is 15.0. The highest BCUT2D eigenvalue weighted by Gasteiger charge is 2.25. The zero-order valence-corrected chi connectivity index (χ0v) is 12.8. The SMILES string of the molecule is COc1cnc(-n2cc(C)nn2)c2[nH]cc(C(=O)C(=O)OCl)c12. The van der Waals surface area contributed by atoms with E-state index in [1.807, 2.05) is 0 Å². The Hall–Kier alpha value is -2.94. The largest absolute Gasteiger partial charge is 0.494 e. The number of Topliss-reactive ketones (excluding diaryl/α,β-unsaturated/α-hetero) is 1. The van der Waals surface area contributed by atoms with Gasteiger partial charge in [-0.15, -0.1) is 5.10 Å². The second-order valence-corrected chi connectivity index (χ2v) is 4.76. The quantitative estimate of drug-likeness (QED) is 0.565. The maximum Gasteiger partial charge on any atom is 0.397 e. The van der Waals surface area contributed by atoms with Crippen molar-refractivity contribution in [2.24, 2.45) is 0 Å². The number of nitrogens with one attached hydrogen (secondary N) is 1. The summed E-state index contributed by atoms with van der Waals surface area (Å²) in [5.41, 5.74) is 1.22. The van der Waals surface area contributed by atoms with Crippen molar-refractivity contribution in [1.82, 2.24) is 25.0 Å². The number of pyridine rings is 1. The minimum Gasteiger partial charge on any atom is -0.494 e. The van der Waals surface area contributed by atoms with E-state index in [0.29, 0.717) is 28.2 Å². The van der Waals surface area contributed by atoms with Gasteiger partial charge in [0.2, 0.25) is 0 Å². The number of nitrogens with zero attached hydrogens (tertiary/aromatic N) is 4. The van der Waals surface area contributed by atoms with Gasteiger partial charge >= 0.3 is 5.97 Å². The summed E-state index contributed by atoms with van der Waals surface area (Å²) in [7, 11) is 1.43. The van der Waals surface area contributed by atoms with Gasteiger partial charge in [0.1, 0.15) is 17.6 Å². The van der Waals surface area contributed by atoms with Crippen molar-refractivity contribution in [1.29, 1.82) is 0 Å². The molecule has 3 aromatic rings. The number of carbonyl (C=O) groups excluding carboxylic acids is 2. The van der Waals surface area contributed by atoms with Crippen LogP contribution in [-0.2, 0) is 9.08 Å². The Balaban J connectivity index is 2.26. The predicted octanol–water partition coefficient (Wildman–Crippen LogP) is 1.34. The van der Waals surface area contributed by atoms with Crippen molar-refractivity contribution in [2.45, 2.75) is 6.92 Å². The smallest absolute Gasteiger partial charge is 0.397 e. The maximum absolute atomic E-state index is 12.1. The van der Waals surface area contributed by atoms with E-state index >= 15 is 0 Å². The molecule has 0 amide bonds. The van der Waals surface area contributed by atoms with Gasteiger partial charge in [-0.05, 0) is 6.92 Å². The molecule has 0 saturated carbocycles. The van der Waals surface area contributed by atoms with Crippen molar-refractivity contribution in [3.63, 3.8) is 0 Å². The first-order chi connectivity index (χ1) is 11.1. The van der Waals surface area contributed by atoms with E-state index in [9.17, 15) is 9.59 Å². The summed E-state index contributed by atoms with van der Waals surface area (Å²) < 4.78 is 10.6. The Morgan fingerprint density at radius 2 is 2.17 bits per heavy atom. The second kappa shape index (κ2) is 5.69. The number of aromatic amines is 1. The zero-order chi connectivity index (χ0) is 16.6. The number of methoxy groups -OCH3 is 1. The van der Waals surface area contributed by atoms with Crippen LogP contribution in [0.3, 0.4) is 0 Å². The van der Waals surface area contributed by atoms with Gasteiger partial charge in [0.15, 0.2) is 5.82 Å². The molecule has 9 nitrogen and oxygen atoms in total. The van der Waals surface area contributed by atoms with Gasteiger partial charge in [0.25, 0.3) is 5.78 Å². The summed E-state index contributed by atoms with van der Waals surface area (Å²) in [4.78, 5) is 30.6. The van der Waals surface area contributed by atoms with Crippen LogP contribution in [0, 0.1) is 6.92 Å². The minimum absolute atomic E-state index is 0.0583. The third-order valence-corrected chi connectivity index (χ3v) is 3.34. The molecule has 118 valence electrons. The van der Waals surface area contributed by atoms with E-state index in [4.69, 9.17) is 16.6 Å². The van der Waals surface area contributed by atoms with Gasteiger partial charge in [-0.1, -0.05) is 5.21 Å². The van der Waals surface area contributed by atoms with Crippen LogP contribution in [0.2, 0.25) is 0 Å². The molecule has 0 spiro atoms. The first-order valence-corrected chi connectivity index (χ1v) is 6.68. The maximum atomic E-state index is 12.1. The van der Waals surface area contributed by atoms with E-state index in [0.717, 1.165) is 0 Å². The lowest BCUT2D eigenvalue weighted by molar-refractivity contribution is -0.128. The number of H-pyrrole nitrogens is 1. The fraction of sp³-hybridized carbons (Fsp3) is 0.154. The first-order valence-electron chi connectivity index (χ1n) is 6.37. The van der Waals surface area contributed by atoms with E-state index in [1.165, 1.54) is 24.2 Å². The van der Waals surface area contributed by atoms with Crippen molar-refractivity contribution in [3.8, 4) is 11.6 Å². The standard InChI is InChI=1S/C13H10ClN5O4/c1-6-5-19(18-17-6)12-10-9(8(22-2)4-16-12)7(3-15-10)11(20)13(21)23-14/h3-5,15H,1-2H3. The number of fused-ring (bicyclic) bond motifs is 1.